The third-order valence-corrected chi connectivity index (χ3v) is 5.90. The van der Waals surface area contributed by atoms with Crippen LogP contribution >= 0.6 is 24.0 Å². The van der Waals surface area contributed by atoms with Crippen LogP contribution in [0, 0.1) is 0 Å². The first kappa shape index (κ1) is 25.7. The summed E-state index contributed by atoms with van der Waals surface area (Å²) in [5.74, 6) is 1.58. The van der Waals surface area contributed by atoms with Crippen molar-refractivity contribution in [1.82, 2.24) is 20.0 Å². The summed E-state index contributed by atoms with van der Waals surface area (Å²) in [5, 5.41) is 12.8. The van der Waals surface area contributed by atoms with Crippen molar-refractivity contribution in [3.05, 3.63) is 29.8 Å². The Kier molecular flexibility index (Phi) is 11.4. The van der Waals surface area contributed by atoms with Crippen LogP contribution in [0.4, 0.5) is 0 Å². The van der Waals surface area contributed by atoms with E-state index in [4.69, 9.17) is 4.99 Å². The number of hydrogen-bond acceptors (Lipinski definition) is 4. The van der Waals surface area contributed by atoms with Crippen molar-refractivity contribution in [2.45, 2.75) is 39.0 Å². The van der Waals surface area contributed by atoms with Crippen molar-refractivity contribution in [2.24, 2.45) is 4.99 Å². The van der Waals surface area contributed by atoms with Crippen molar-refractivity contribution in [2.75, 3.05) is 58.9 Å². The SMILES string of the molecule is CCNC(=NCCCc1ccc(O)cc1)N1CCN(CC(=O)N2CCCCC2)CC1.I. The highest BCUT2D eigenvalue weighted by Crippen LogP contribution is 2.12. The molecule has 0 saturated carbocycles. The van der Waals surface area contributed by atoms with Crippen LogP contribution in [0.5, 0.6) is 5.75 Å². The van der Waals surface area contributed by atoms with Gasteiger partial charge in [0.25, 0.3) is 0 Å². The lowest BCUT2D eigenvalue weighted by Gasteiger charge is -2.37. The Bertz CT molecular complexity index is 684. The van der Waals surface area contributed by atoms with Crippen molar-refractivity contribution < 1.29 is 9.90 Å². The van der Waals surface area contributed by atoms with Gasteiger partial charge in [0.15, 0.2) is 5.96 Å². The number of phenolic OH excluding ortho intramolecular Hbond substituents is 1. The van der Waals surface area contributed by atoms with Crippen LogP contribution in [0.25, 0.3) is 0 Å². The van der Waals surface area contributed by atoms with Gasteiger partial charge in [0.2, 0.25) is 5.91 Å². The maximum atomic E-state index is 12.5. The molecule has 0 unspecified atom stereocenters. The van der Waals surface area contributed by atoms with E-state index in [1.165, 1.54) is 12.0 Å². The van der Waals surface area contributed by atoms with Crippen LogP contribution in [0.3, 0.4) is 0 Å². The fourth-order valence-electron chi connectivity index (χ4n) is 4.11. The molecule has 8 heteroatoms. The van der Waals surface area contributed by atoms with Crippen molar-refractivity contribution in [3.63, 3.8) is 0 Å². The van der Waals surface area contributed by atoms with Crippen LogP contribution < -0.4 is 5.32 Å². The van der Waals surface area contributed by atoms with Crippen LogP contribution in [0.2, 0.25) is 0 Å². The molecular formula is C23H38IN5O2. The molecule has 0 bridgehead atoms. The topological polar surface area (TPSA) is 71.4 Å². The quantitative estimate of drug-likeness (QED) is 0.240. The number of nitrogens with one attached hydrogen (secondary N) is 1. The second-order valence-electron chi connectivity index (χ2n) is 8.21. The van der Waals surface area contributed by atoms with E-state index in [0.29, 0.717) is 12.3 Å². The molecule has 2 N–H and O–H groups in total. The van der Waals surface area contributed by atoms with Gasteiger partial charge in [0, 0.05) is 52.4 Å². The first-order chi connectivity index (χ1) is 14.7. The van der Waals surface area contributed by atoms with Gasteiger partial charge in [0.05, 0.1) is 6.54 Å². The number of piperazine rings is 1. The number of amides is 1. The van der Waals surface area contributed by atoms with E-state index in [1.807, 2.05) is 17.0 Å². The molecular weight excluding hydrogens is 505 g/mol. The molecule has 2 aliphatic rings. The molecule has 0 spiro atoms. The summed E-state index contributed by atoms with van der Waals surface area (Å²) in [6.07, 6.45) is 5.48. The fraction of sp³-hybridized carbons (Fsp3) is 0.652. The summed E-state index contributed by atoms with van der Waals surface area (Å²) in [6, 6.07) is 7.40. The molecule has 0 aliphatic carbocycles. The predicted octanol–water partition coefficient (Wildman–Crippen LogP) is 2.54. The number of nitrogens with zero attached hydrogens (tertiary/aromatic N) is 4. The monoisotopic (exact) mass is 543 g/mol. The number of aromatic hydroxyl groups is 1. The maximum absolute atomic E-state index is 12.5. The molecule has 1 aromatic carbocycles. The number of carbonyl (C=O) groups excluding carboxylic acids is 1. The molecule has 1 aromatic rings. The Balaban J connectivity index is 0.00000341. The van der Waals surface area contributed by atoms with Gasteiger partial charge < -0.3 is 20.2 Å². The normalized spacial score (nSPS) is 17.9. The summed E-state index contributed by atoms with van der Waals surface area (Å²) in [7, 11) is 0. The molecule has 2 heterocycles. The standard InChI is InChI=1S/C23H37N5O2.HI/c1-2-24-23(25-12-6-7-20-8-10-21(29)11-9-20)28-17-15-26(16-18-28)19-22(30)27-13-4-3-5-14-27;/h8-11,29H,2-7,12-19H2,1H3,(H,24,25);1H. The molecule has 174 valence electrons. The number of hydrogen-bond donors (Lipinski definition) is 2. The van der Waals surface area contributed by atoms with Crippen molar-refractivity contribution in [1.29, 1.82) is 0 Å². The molecule has 31 heavy (non-hydrogen) atoms. The maximum Gasteiger partial charge on any atom is 0.236 e. The minimum absolute atomic E-state index is 0. The molecule has 0 atom stereocenters. The number of rotatable bonds is 7. The second kappa shape index (κ2) is 13.8. The molecule has 2 fully saturated rings. The highest BCUT2D eigenvalue weighted by Gasteiger charge is 2.23. The molecule has 0 aromatic heterocycles. The lowest BCUT2D eigenvalue weighted by atomic mass is 10.1. The second-order valence-corrected chi connectivity index (χ2v) is 8.21. The minimum atomic E-state index is 0. The zero-order valence-electron chi connectivity index (χ0n) is 18.8. The number of phenols is 1. The molecule has 3 rings (SSSR count). The number of guanidine groups is 1. The number of piperidine rings is 1. The number of halogens is 1. The Morgan fingerprint density at radius 1 is 1.00 bits per heavy atom. The van der Waals surface area contributed by atoms with Crippen molar-refractivity contribution in [3.8, 4) is 5.75 Å². The smallest absolute Gasteiger partial charge is 0.236 e. The summed E-state index contributed by atoms with van der Waals surface area (Å²) >= 11 is 0. The first-order valence-corrected chi connectivity index (χ1v) is 11.5. The lowest BCUT2D eigenvalue weighted by molar-refractivity contribution is -0.133. The van der Waals surface area contributed by atoms with Gasteiger partial charge in [-0.15, -0.1) is 24.0 Å². The third kappa shape index (κ3) is 8.48. The van der Waals surface area contributed by atoms with E-state index in [9.17, 15) is 9.90 Å². The number of benzene rings is 1. The summed E-state index contributed by atoms with van der Waals surface area (Å²) in [4.78, 5) is 24.0. The number of aliphatic imine (C=N–C) groups is 1. The van der Waals surface area contributed by atoms with Crippen LogP contribution in [-0.2, 0) is 11.2 Å². The molecule has 1 amide bonds. The Hall–Kier alpha value is -1.55. The van der Waals surface area contributed by atoms with Gasteiger partial charge in [-0.05, 0) is 56.7 Å². The van der Waals surface area contributed by atoms with Gasteiger partial charge in [-0.3, -0.25) is 14.7 Å². The minimum Gasteiger partial charge on any atom is -0.508 e. The number of aryl methyl sites for hydroxylation is 1. The highest BCUT2D eigenvalue weighted by atomic mass is 127. The zero-order chi connectivity index (χ0) is 21.2. The fourth-order valence-corrected chi connectivity index (χ4v) is 4.11. The highest BCUT2D eigenvalue weighted by molar-refractivity contribution is 14.0. The van der Waals surface area contributed by atoms with Gasteiger partial charge >= 0.3 is 0 Å². The average Bonchev–Trinajstić information content (AvgIpc) is 2.78. The van der Waals surface area contributed by atoms with E-state index >= 15 is 0 Å². The molecule has 2 saturated heterocycles. The van der Waals surface area contributed by atoms with E-state index in [-0.39, 0.29) is 29.9 Å². The van der Waals surface area contributed by atoms with E-state index < -0.39 is 0 Å². The Morgan fingerprint density at radius 2 is 1.68 bits per heavy atom. The summed E-state index contributed by atoms with van der Waals surface area (Å²) < 4.78 is 0. The molecule has 2 aliphatic heterocycles. The lowest BCUT2D eigenvalue weighted by Crippen LogP contribution is -2.54. The average molecular weight is 543 g/mol. The largest absolute Gasteiger partial charge is 0.508 e. The van der Waals surface area contributed by atoms with Gasteiger partial charge in [-0.1, -0.05) is 12.1 Å². The number of likely N-dealkylation sites (tertiary alicyclic amines) is 1. The third-order valence-electron chi connectivity index (χ3n) is 5.90. The van der Waals surface area contributed by atoms with Gasteiger partial charge in [0.1, 0.15) is 5.75 Å². The van der Waals surface area contributed by atoms with Gasteiger partial charge in [-0.25, -0.2) is 0 Å². The Morgan fingerprint density at radius 3 is 2.32 bits per heavy atom. The molecule has 7 nitrogen and oxygen atoms in total. The Labute approximate surface area is 203 Å². The first-order valence-electron chi connectivity index (χ1n) is 11.5. The van der Waals surface area contributed by atoms with Gasteiger partial charge in [-0.2, -0.15) is 0 Å². The number of carbonyl (C=O) groups is 1. The van der Waals surface area contributed by atoms with Crippen LogP contribution in [0.1, 0.15) is 38.2 Å². The van der Waals surface area contributed by atoms with Crippen LogP contribution in [-0.4, -0.2) is 90.6 Å². The van der Waals surface area contributed by atoms with Crippen molar-refractivity contribution >= 4 is 35.8 Å². The zero-order valence-corrected chi connectivity index (χ0v) is 21.1. The predicted molar refractivity (Wildman–Crippen MR) is 136 cm³/mol. The van der Waals surface area contributed by atoms with E-state index in [2.05, 4.69) is 22.0 Å². The van der Waals surface area contributed by atoms with E-state index in [0.717, 1.165) is 84.0 Å². The van der Waals surface area contributed by atoms with Crippen LogP contribution in [0.15, 0.2) is 29.3 Å². The summed E-state index contributed by atoms with van der Waals surface area (Å²) in [6.45, 7) is 9.73. The van der Waals surface area contributed by atoms with E-state index in [1.54, 1.807) is 12.1 Å². The summed E-state index contributed by atoms with van der Waals surface area (Å²) in [5.41, 5.74) is 1.22. The molecule has 0 radical (unpaired) electrons.